The van der Waals surface area contributed by atoms with E-state index in [0.29, 0.717) is 23.5 Å². The number of benzene rings is 1. The number of hydrogen-bond donors (Lipinski definition) is 3. The van der Waals surface area contributed by atoms with Gasteiger partial charge in [-0.25, -0.2) is 10.9 Å². The molecule has 0 aliphatic carbocycles. The number of rotatable bonds is 5. The van der Waals surface area contributed by atoms with Crippen LogP contribution < -0.4 is 16.6 Å². The zero-order valence-electron chi connectivity index (χ0n) is 12.6. The van der Waals surface area contributed by atoms with Crippen LogP contribution in [0.1, 0.15) is 32.3 Å². The quantitative estimate of drug-likeness (QED) is 0.429. The maximum atomic E-state index is 11.8. The summed E-state index contributed by atoms with van der Waals surface area (Å²) in [6.07, 6.45) is 0.632. The molecule has 116 valence electrons. The van der Waals surface area contributed by atoms with Crippen molar-refractivity contribution in [3.63, 3.8) is 0 Å². The summed E-state index contributed by atoms with van der Waals surface area (Å²) >= 11 is 0. The van der Waals surface area contributed by atoms with E-state index in [1.807, 2.05) is 12.1 Å². The summed E-state index contributed by atoms with van der Waals surface area (Å²) in [6.45, 7) is 3.57. The Labute approximate surface area is 128 Å². The van der Waals surface area contributed by atoms with E-state index in [2.05, 4.69) is 21.1 Å². The van der Waals surface area contributed by atoms with Gasteiger partial charge in [-0.05, 0) is 38.0 Å². The zero-order chi connectivity index (χ0) is 16.1. The van der Waals surface area contributed by atoms with Crippen LogP contribution in [-0.2, 0) is 9.59 Å². The molecule has 0 bridgehead atoms. The maximum absolute atomic E-state index is 11.8. The molecular weight excluding hydrogens is 282 g/mol. The van der Waals surface area contributed by atoms with Gasteiger partial charge in [-0.15, -0.1) is 0 Å². The van der Waals surface area contributed by atoms with Gasteiger partial charge in [0.1, 0.15) is 0 Å². The molecule has 0 aromatic heterocycles. The van der Waals surface area contributed by atoms with Gasteiger partial charge < -0.3 is 5.73 Å². The van der Waals surface area contributed by atoms with Crippen molar-refractivity contribution in [2.75, 3.05) is 5.73 Å². The molecule has 22 heavy (non-hydrogen) atoms. The monoisotopic (exact) mass is 301 g/mol. The number of hydrazone groups is 2. The van der Waals surface area contributed by atoms with E-state index in [1.54, 1.807) is 26.0 Å². The van der Waals surface area contributed by atoms with Crippen LogP contribution in [0.25, 0.3) is 0 Å². The van der Waals surface area contributed by atoms with E-state index in [0.717, 1.165) is 5.56 Å². The number of anilines is 1. The lowest BCUT2D eigenvalue weighted by Gasteiger charge is -2.07. The second kappa shape index (κ2) is 6.84. The average molecular weight is 301 g/mol. The fraction of sp³-hybridized carbons (Fsp3) is 0.333. The molecule has 2 amide bonds. The van der Waals surface area contributed by atoms with E-state index < -0.39 is 0 Å². The highest BCUT2D eigenvalue weighted by molar-refractivity contribution is 6.07. The minimum absolute atomic E-state index is 0.160. The van der Waals surface area contributed by atoms with Crippen LogP contribution in [-0.4, -0.2) is 23.2 Å². The van der Waals surface area contributed by atoms with E-state index in [9.17, 15) is 9.59 Å². The van der Waals surface area contributed by atoms with Gasteiger partial charge in [-0.1, -0.05) is 12.1 Å². The molecule has 1 unspecified atom stereocenters. The smallest absolute Gasteiger partial charge is 0.248 e. The van der Waals surface area contributed by atoms with Crippen LogP contribution in [0.5, 0.6) is 0 Å². The molecule has 0 spiro atoms. The number of carbonyl (C=O) groups excluding carboxylic acids is 2. The third kappa shape index (κ3) is 3.91. The summed E-state index contributed by atoms with van der Waals surface area (Å²) in [5, 5.41) is 7.90. The van der Waals surface area contributed by atoms with Crippen molar-refractivity contribution < 1.29 is 9.59 Å². The van der Waals surface area contributed by atoms with Crippen LogP contribution in [0, 0.1) is 5.92 Å². The molecule has 1 aliphatic heterocycles. The molecule has 1 heterocycles. The Morgan fingerprint density at radius 3 is 2.68 bits per heavy atom. The van der Waals surface area contributed by atoms with Crippen molar-refractivity contribution in [3.8, 4) is 0 Å². The Morgan fingerprint density at radius 1 is 1.41 bits per heavy atom. The van der Waals surface area contributed by atoms with Crippen molar-refractivity contribution >= 4 is 28.9 Å². The molecule has 7 heteroatoms. The number of nitrogens with zero attached hydrogens (tertiary/aromatic N) is 2. The Hall–Kier alpha value is -2.70. The lowest BCUT2D eigenvalue weighted by molar-refractivity contribution is -0.123. The fourth-order valence-electron chi connectivity index (χ4n) is 2.10. The lowest BCUT2D eigenvalue weighted by atomic mass is 9.99. The normalized spacial score (nSPS) is 17.9. The number of nitrogens with two attached hydrogens (primary N) is 1. The SMILES string of the molecule is CC(=NNC(=O)CCC1C(=O)NN=C1C)c1ccc(N)cc1. The first-order chi connectivity index (χ1) is 10.5. The second-order valence-electron chi connectivity index (χ2n) is 5.17. The average Bonchev–Trinajstić information content (AvgIpc) is 2.82. The van der Waals surface area contributed by atoms with Crippen LogP contribution in [0.2, 0.25) is 0 Å². The summed E-state index contributed by atoms with van der Waals surface area (Å²) in [4.78, 5) is 23.3. The molecule has 1 aromatic carbocycles. The van der Waals surface area contributed by atoms with Crippen molar-refractivity contribution in [2.24, 2.45) is 16.1 Å². The minimum atomic E-state index is -0.326. The molecule has 1 aromatic rings. The predicted octanol–water partition coefficient (Wildman–Crippen LogP) is 1.01. The Morgan fingerprint density at radius 2 is 2.09 bits per heavy atom. The molecule has 0 radical (unpaired) electrons. The van der Waals surface area contributed by atoms with Gasteiger partial charge >= 0.3 is 0 Å². The largest absolute Gasteiger partial charge is 0.399 e. The number of hydrogen-bond acceptors (Lipinski definition) is 5. The van der Waals surface area contributed by atoms with E-state index in [1.165, 1.54) is 0 Å². The molecule has 4 N–H and O–H groups in total. The summed E-state index contributed by atoms with van der Waals surface area (Å²) in [5.74, 6) is -0.720. The Kier molecular flexibility index (Phi) is 4.88. The van der Waals surface area contributed by atoms with Gasteiger partial charge in [0, 0.05) is 17.8 Å². The van der Waals surface area contributed by atoms with E-state index in [4.69, 9.17) is 5.73 Å². The van der Waals surface area contributed by atoms with Gasteiger partial charge in [0.15, 0.2) is 0 Å². The van der Waals surface area contributed by atoms with Crippen molar-refractivity contribution in [1.82, 2.24) is 10.9 Å². The molecule has 0 saturated heterocycles. The van der Waals surface area contributed by atoms with Gasteiger partial charge in [0.05, 0.1) is 11.6 Å². The van der Waals surface area contributed by atoms with Crippen LogP contribution in [0.3, 0.4) is 0 Å². The van der Waals surface area contributed by atoms with E-state index >= 15 is 0 Å². The summed E-state index contributed by atoms with van der Waals surface area (Å²) in [5.41, 5.74) is 13.5. The third-order valence-corrected chi connectivity index (χ3v) is 3.50. The predicted molar refractivity (Wildman–Crippen MR) is 85.2 cm³/mol. The number of amides is 2. The number of nitrogens with one attached hydrogen (secondary N) is 2. The fourth-order valence-corrected chi connectivity index (χ4v) is 2.10. The molecule has 7 nitrogen and oxygen atoms in total. The van der Waals surface area contributed by atoms with Crippen molar-refractivity contribution in [2.45, 2.75) is 26.7 Å². The zero-order valence-corrected chi connectivity index (χ0v) is 12.6. The van der Waals surface area contributed by atoms with Crippen LogP contribution in [0.15, 0.2) is 34.5 Å². The summed E-state index contributed by atoms with van der Waals surface area (Å²) < 4.78 is 0. The minimum Gasteiger partial charge on any atom is -0.399 e. The van der Waals surface area contributed by atoms with E-state index in [-0.39, 0.29) is 24.2 Å². The van der Waals surface area contributed by atoms with Crippen LogP contribution in [0.4, 0.5) is 5.69 Å². The Bertz CT molecular complexity index is 634. The highest BCUT2D eigenvalue weighted by atomic mass is 16.2. The standard InChI is InChI=1S/C15H19N5O2/c1-9(11-3-5-12(16)6-4-11)17-19-14(21)8-7-13-10(2)18-20-15(13)22/h3-6,13H,7-8,16H2,1-2H3,(H,19,21)(H,20,22). The highest BCUT2D eigenvalue weighted by Crippen LogP contribution is 2.13. The van der Waals surface area contributed by atoms with Crippen molar-refractivity contribution in [1.29, 1.82) is 0 Å². The molecule has 0 saturated carbocycles. The first kappa shape index (κ1) is 15.7. The second-order valence-corrected chi connectivity index (χ2v) is 5.17. The lowest BCUT2D eigenvalue weighted by Crippen LogP contribution is -2.25. The van der Waals surface area contributed by atoms with Crippen LogP contribution >= 0.6 is 0 Å². The topological polar surface area (TPSA) is 109 Å². The molecule has 1 aliphatic rings. The number of nitrogen functional groups attached to an aromatic ring is 1. The Balaban J connectivity index is 1.84. The first-order valence-corrected chi connectivity index (χ1v) is 7.00. The maximum Gasteiger partial charge on any atom is 0.248 e. The molecule has 2 rings (SSSR count). The molecular formula is C15H19N5O2. The molecule has 0 fully saturated rings. The number of carbonyl (C=O) groups is 2. The highest BCUT2D eigenvalue weighted by Gasteiger charge is 2.26. The van der Waals surface area contributed by atoms with Gasteiger partial charge in [0.25, 0.3) is 0 Å². The molecule has 1 atom stereocenters. The van der Waals surface area contributed by atoms with Crippen molar-refractivity contribution in [3.05, 3.63) is 29.8 Å². The summed E-state index contributed by atoms with van der Waals surface area (Å²) in [6, 6.07) is 7.22. The van der Waals surface area contributed by atoms with Gasteiger partial charge in [-0.2, -0.15) is 10.2 Å². The third-order valence-electron chi connectivity index (χ3n) is 3.50. The van der Waals surface area contributed by atoms with Gasteiger partial charge in [0.2, 0.25) is 11.8 Å². The van der Waals surface area contributed by atoms with Gasteiger partial charge in [-0.3, -0.25) is 9.59 Å². The summed E-state index contributed by atoms with van der Waals surface area (Å²) in [7, 11) is 0. The first-order valence-electron chi connectivity index (χ1n) is 7.00.